The Balaban J connectivity index is 2.12. The van der Waals surface area contributed by atoms with Gasteiger partial charge in [0.1, 0.15) is 11.5 Å². The average Bonchev–Trinajstić information content (AvgIpc) is 2.54. The van der Waals surface area contributed by atoms with Crippen molar-refractivity contribution in [2.24, 2.45) is 0 Å². The number of nitrogens with one attached hydrogen (secondary N) is 2. The first-order valence-corrected chi connectivity index (χ1v) is 6.14. The van der Waals surface area contributed by atoms with Gasteiger partial charge >= 0.3 is 0 Å². The van der Waals surface area contributed by atoms with Crippen molar-refractivity contribution in [1.29, 1.82) is 0 Å². The summed E-state index contributed by atoms with van der Waals surface area (Å²) in [5, 5.41) is 4.96. The summed E-state index contributed by atoms with van der Waals surface area (Å²) in [6.45, 7) is 3.99. The number of aromatic nitrogens is 2. The largest absolute Gasteiger partial charge is 0.365 e. The molecule has 0 radical (unpaired) electrons. The Morgan fingerprint density at radius 3 is 2.59 bits per heavy atom. The molecular formula is C14H11F3N4O. The van der Waals surface area contributed by atoms with Gasteiger partial charge in [-0.2, -0.15) is 0 Å². The lowest BCUT2D eigenvalue weighted by molar-refractivity contribution is 0.102. The molecule has 0 spiro atoms. The van der Waals surface area contributed by atoms with Crippen molar-refractivity contribution in [2.45, 2.75) is 0 Å². The minimum atomic E-state index is -1.66. The summed E-state index contributed by atoms with van der Waals surface area (Å²) < 4.78 is 39.3. The molecule has 2 aromatic rings. The molecule has 8 heteroatoms. The maximum atomic E-state index is 13.5. The molecule has 0 aliphatic rings. The lowest BCUT2D eigenvalue weighted by Gasteiger charge is -2.07. The van der Waals surface area contributed by atoms with Gasteiger partial charge in [-0.25, -0.2) is 23.1 Å². The summed E-state index contributed by atoms with van der Waals surface area (Å²) in [6, 6.07) is 1.63. The molecule has 1 heterocycles. The number of rotatable bonds is 5. The smallest absolute Gasteiger partial charge is 0.275 e. The number of anilines is 2. The van der Waals surface area contributed by atoms with E-state index in [-0.39, 0.29) is 5.69 Å². The van der Waals surface area contributed by atoms with Crippen molar-refractivity contribution in [2.75, 3.05) is 17.2 Å². The van der Waals surface area contributed by atoms with Crippen molar-refractivity contribution in [3.8, 4) is 0 Å². The summed E-state index contributed by atoms with van der Waals surface area (Å²) in [5.74, 6) is -4.85. The molecule has 22 heavy (non-hydrogen) atoms. The molecule has 114 valence electrons. The second-order valence-corrected chi connectivity index (χ2v) is 4.13. The SMILES string of the molecule is C=CCNc1cnc(C(=O)Nc2ccc(F)c(F)c2F)cn1. The quantitative estimate of drug-likeness (QED) is 0.658. The molecule has 0 saturated heterocycles. The molecule has 0 aliphatic heterocycles. The molecule has 5 nitrogen and oxygen atoms in total. The first kappa shape index (κ1) is 15.5. The van der Waals surface area contributed by atoms with E-state index in [0.717, 1.165) is 6.07 Å². The third-order valence-corrected chi connectivity index (χ3v) is 2.60. The number of carbonyl (C=O) groups excluding carboxylic acids is 1. The average molecular weight is 308 g/mol. The molecule has 2 N–H and O–H groups in total. The van der Waals surface area contributed by atoms with E-state index in [9.17, 15) is 18.0 Å². The van der Waals surface area contributed by atoms with E-state index in [0.29, 0.717) is 18.4 Å². The first-order chi connectivity index (χ1) is 10.5. The number of carbonyl (C=O) groups is 1. The van der Waals surface area contributed by atoms with E-state index < -0.39 is 29.0 Å². The molecule has 0 saturated carbocycles. The highest BCUT2D eigenvalue weighted by atomic mass is 19.2. The van der Waals surface area contributed by atoms with Crippen molar-refractivity contribution in [3.05, 3.63) is 60.3 Å². The second-order valence-electron chi connectivity index (χ2n) is 4.13. The van der Waals surface area contributed by atoms with Crippen LogP contribution in [0.4, 0.5) is 24.7 Å². The van der Waals surface area contributed by atoms with E-state index in [4.69, 9.17) is 0 Å². The van der Waals surface area contributed by atoms with E-state index in [1.165, 1.54) is 12.4 Å². The third kappa shape index (κ3) is 3.40. The Hall–Kier alpha value is -2.90. The van der Waals surface area contributed by atoms with Crippen LogP contribution in [0.2, 0.25) is 0 Å². The zero-order valence-electron chi connectivity index (χ0n) is 11.2. The monoisotopic (exact) mass is 308 g/mol. The number of hydrogen-bond acceptors (Lipinski definition) is 4. The van der Waals surface area contributed by atoms with Gasteiger partial charge in [0.05, 0.1) is 18.1 Å². The van der Waals surface area contributed by atoms with Crippen LogP contribution >= 0.6 is 0 Å². The maximum absolute atomic E-state index is 13.5. The molecule has 0 bridgehead atoms. The number of benzene rings is 1. The highest BCUT2D eigenvalue weighted by Crippen LogP contribution is 2.20. The molecule has 0 atom stereocenters. The van der Waals surface area contributed by atoms with E-state index in [2.05, 4.69) is 27.2 Å². The fourth-order valence-corrected chi connectivity index (χ4v) is 1.52. The number of halogens is 3. The van der Waals surface area contributed by atoms with Gasteiger partial charge in [-0.05, 0) is 12.1 Å². The van der Waals surface area contributed by atoms with Crippen molar-refractivity contribution in [3.63, 3.8) is 0 Å². The van der Waals surface area contributed by atoms with Crippen LogP contribution in [0.3, 0.4) is 0 Å². The second kappa shape index (κ2) is 6.70. The molecule has 2 rings (SSSR count). The van der Waals surface area contributed by atoms with Gasteiger partial charge in [-0.15, -0.1) is 6.58 Å². The molecule has 0 aliphatic carbocycles. The topological polar surface area (TPSA) is 66.9 Å². The molecule has 1 aromatic heterocycles. The zero-order chi connectivity index (χ0) is 16.1. The Labute approximate surface area is 123 Å². The van der Waals surface area contributed by atoms with Crippen molar-refractivity contribution < 1.29 is 18.0 Å². The minimum Gasteiger partial charge on any atom is -0.365 e. The Bertz CT molecular complexity index is 704. The van der Waals surface area contributed by atoms with E-state index in [1.54, 1.807) is 6.08 Å². The van der Waals surface area contributed by atoms with Gasteiger partial charge in [0.2, 0.25) is 0 Å². The van der Waals surface area contributed by atoms with Crippen LogP contribution in [0.1, 0.15) is 10.5 Å². The van der Waals surface area contributed by atoms with Crippen LogP contribution in [0.5, 0.6) is 0 Å². The lowest BCUT2D eigenvalue weighted by Crippen LogP contribution is -2.16. The number of hydrogen-bond donors (Lipinski definition) is 2. The molecule has 1 aromatic carbocycles. The van der Waals surface area contributed by atoms with Crippen LogP contribution in [-0.4, -0.2) is 22.4 Å². The number of amides is 1. The van der Waals surface area contributed by atoms with Crippen molar-refractivity contribution in [1.82, 2.24) is 9.97 Å². The lowest BCUT2D eigenvalue weighted by atomic mass is 10.2. The van der Waals surface area contributed by atoms with E-state index >= 15 is 0 Å². The molecule has 0 fully saturated rings. The van der Waals surface area contributed by atoms with Gasteiger partial charge in [0.25, 0.3) is 5.91 Å². The molecule has 1 amide bonds. The minimum absolute atomic E-state index is 0.103. The predicted molar refractivity (Wildman–Crippen MR) is 75.0 cm³/mol. The fourth-order valence-electron chi connectivity index (χ4n) is 1.52. The fraction of sp³-hybridized carbons (Fsp3) is 0.0714. The van der Waals surface area contributed by atoms with E-state index in [1.807, 2.05) is 0 Å². The first-order valence-electron chi connectivity index (χ1n) is 6.14. The summed E-state index contributed by atoms with van der Waals surface area (Å²) in [7, 11) is 0. The summed E-state index contributed by atoms with van der Waals surface area (Å²) in [4.78, 5) is 19.6. The molecule has 0 unspecified atom stereocenters. The normalized spacial score (nSPS) is 10.1. The highest BCUT2D eigenvalue weighted by Gasteiger charge is 2.16. The van der Waals surface area contributed by atoms with Crippen LogP contribution < -0.4 is 10.6 Å². The standard InChI is InChI=1S/C14H11F3N4O/c1-2-5-18-11-7-19-10(6-20-11)14(22)21-9-4-3-8(15)12(16)13(9)17/h2-4,6-7H,1,5H2,(H,18,20)(H,21,22). The highest BCUT2D eigenvalue weighted by molar-refractivity contribution is 6.02. The van der Waals surface area contributed by atoms with Gasteiger partial charge in [0.15, 0.2) is 17.5 Å². The van der Waals surface area contributed by atoms with Gasteiger partial charge in [-0.3, -0.25) is 4.79 Å². The van der Waals surface area contributed by atoms with Crippen LogP contribution in [-0.2, 0) is 0 Å². The molecular weight excluding hydrogens is 297 g/mol. The summed E-state index contributed by atoms with van der Waals surface area (Å²) >= 11 is 0. The van der Waals surface area contributed by atoms with Crippen LogP contribution in [0.15, 0.2) is 37.2 Å². The van der Waals surface area contributed by atoms with Crippen molar-refractivity contribution >= 4 is 17.4 Å². The number of nitrogens with zero attached hydrogens (tertiary/aromatic N) is 2. The van der Waals surface area contributed by atoms with Gasteiger partial charge in [0, 0.05) is 6.54 Å². The predicted octanol–water partition coefficient (Wildman–Crippen LogP) is 2.74. The Morgan fingerprint density at radius 2 is 1.95 bits per heavy atom. The summed E-state index contributed by atoms with van der Waals surface area (Å²) in [5.41, 5.74) is -0.590. The Morgan fingerprint density at radius 1 is 1.18 bits per heavy atom. The summed E-state index contributed by atoms with van der Waals surface area (Å²) in [6.07, 6.45) is 4.09. The van der Waals surface area contributed by atoms with Gasteiger partial charge < -0.3 is 10.6 Å². The van der Waals surface area contributed by atoms with Crippen LogP contribution in [0.25, 0.3) is 0 Å². The zero-order valence-corrected chi connectivity index (χ0v) is 11.2. The third-order valence-electron chi connectivity index (χ3n) is 2.60. The van der Waals surface area contributed by atoms with Crippen LogP contribution in [0, 0.1) is 17.5 Å². The Kier molecular flexibility index (Phi) is 4.72. The van der Waals surface area contributed by atoms with Gasteiger partial charge in [-0.1, -0.05) is 6.08 Å². The maximum Gasteiger partial charge on any atom is 0.275 e.